The molecule has 1 fully saturated rings. The molecular formula is C16H21FN4O. The third kappa shape index (κ3) is 3.69. The third-order valence-electron chi connectivity index (χ3n) is 4.25. The van der Waals surface area contributed by atoms with Crippen molar-refractivity contribution in [1.29, 1.82) is 0 Å². The van der Waals surface area contributed by atoms with Crippen molar-refractivity contribution in [2.24, 2.45) is 0 Å². The van der Waals surface area contributed by atoms with Crippen molar-refractivity contribution in [2.75, 3.05) is 13.1 Å². The maximum Gasteiger partial charge on any atom is 0.137 e. The first kappa shape index (κ1) is 15.1. The third-order valence-corrected chi connectivity index (χ3v) is 4.25. The number of rotatable bonds is 5. The van der Waals surface area contributed by atoms with Gasteiger partial charge in [0.05, 0.1) is 12.6 Å². The van der Waals surface area contributed by atoms with Gasteiger partial charge in [0.2, 0.25) is 0 Å². The van der Waals surface area contributed by atoms with Crippen molar-refractivity contribution in [1.82, 2.24) is 19.7 Å². The van der Waals surface area contributed by atoms with E-state index in [4.69, 9.17) is 0 Å². The Morgan fingerprint density at radius 1 is 1.36 bits per heavy atom. The van der Waals surface area contributed by atoms with Crippen LogP contribution >= 0.6 is 0 Å². The molecule has 1 aromatic heterocycles. The van der Waals surface area contributed by atoms with Crippen molar-refractivity contribution >= 4 is 0 Å². The molecule has 1 aromatic carbocycles. The van der Waals surface area contributed by atoms with E-state index in [1.165, 1.54) is 24.9 Å². The highest BCUT2D eigenvalue weighted by Gasteiger charge is 2.25. The van der Waals surface area contributed by atoms with E-state index < -0.39 is 6.10 Å². The minimum atomic E-state index is -0.674. The van der Waals surface area contributed by atoms with Crippen LogP contribution in [-0.2, 0) is 6.54 Å². The number of aromatic nitrogens is 3. The molecule has 0 saturated carbocycles. The summed E-state index contributed by atoms with van der Waals surface area (Å²) in [5, 5.41) is 14.6. The highest BCUT2D eigenvalue weighted by Crippen LogP contribution is 2.23. The lowest BCUT2D eigenvalue weighted by atomic mass is 10.00. The predicted molar refractivity (Wildman–Crippen MR) is 80.6 cm³/mol. The largest absolute Gasteiger partial charge is 0.387 e. The van der Waals surface area contributed by atoms with Crippen LogP contribution in [0.5, 0.6) is 0 Å². The molecule has 118 valence electrons. The zero-order chi connectivity index (χ0) is 15.4. The summed E-state index contributed by atoms with van der Waals surface area (Å²) in [4.78, 5) is 6.25. The molecule has 2 heterocycles. The molecular weight excluding hydrogens is 283 g/mol. The molecule has 1 aliphatic heterocycles. The first-order valence-electron chi connectivity index (χ1n) is 7.72. The minimum absolute atomic E-state index is 0.311. The van der Waals surface area contributed by atoms with Crippen LogP contribution in [0.25, 0.3) is 0 Å². The van der Waals surface area contributed by atoms with Crippen LogP contribution in [0.3, 0.4) is 0 Å². The fourth-order valence-corrected chi connectivity index (χ4v) is 3.09. The number of nitrogens with zero attached hydrogens (tertiary/aromatic N) is 4. The van der Waals surface area contributed by atoms with E-state index in [-0.39, 0.29) is 5.82 Å². The Bertz CT molecular complexity index is 590. The first-order chi connectivity index (χ1) is 10.7. The fraction of sp³-hybridized carbons (Fsp3) is 0.500. The Balaban J connectivity index is 1.65. The fourth-order valence-electron chi connectivity index (χ4n) is 3.09. The van der Waals surface area contributed by atoms with E-state index >= 15 is 0 Å². The molecule has 0 amide bonds. The van der Waals surface area contributed by atoms with Crippen LogP contribution in [0, 0.1) is 5.82 Å². The molecule has 0 aliphatic carbocycles. The Kier molecular flexibility index (Phi) is 4.80. The number of benzene rings is 1. The van der Waals surface area contributed by atoms with Crippen LogP contribution in [0.4, 0.5) is 4.39 Å². The smallest absolute Gasteiger partial charge is 0.137 e. The van der Waals surface area contributed by atoms with Crippen LogP contribution in [-0.4, -0.2) is 43.9 Å². The van der Waals surface area contributed by atoms with Crippen molar-refractivity contribution in [3.63, 3.8) is 0 Å². The lowest BCUT2D eigenvalue weighted by Gasteiger charge is -2.36. The second-order valence-electron chi connectivity index (χ2n) is 5.83. The Morgan fingerprint density at radius 2 is 2.27 bits per heavy atom. The number of piperidine rings is 1. The van der Waals surface area contributed by atoms with Gasteiger partial charge in [0.25, 0.3) is 0 Å². The highest BCUT2D eigenvalue weighted by atomic mass is 19.1. The molecule has 1 saturated heterocycles. The van der Waals surface area contributed by atoms with Gasteiger partial charge in [0.1, 0.15) is 18.5 Å². The Morgan fingerprint density at radius 3 is 3.05 bits per heavy atom. The average molecular weight is 304 g/mol. The Hall–Kier alpha value is -1.79. The maximum absolute atomic E-state index is 13.3. The number of hydrogen-bond acceptors (Lipinski definition) is 4. The van der Waals surface area contributed by atoms with Crippen molar-refractivity contribution in [3.05, 3.63) is 48.3 Å². The monoisotopic (exact) mass is 304 g/mol. The van der Waals surface area contributed by atoms with Crippen LogP contribution in [0.15, 0.2) is 36.9 Å². The van der Waals surface area contributed by atoms with Crippen LogP contribution < -0.4 is 0 Å². The summed E-state index contributed by atoms with van der Waals surface area (Å²) in [6.45, 7) is 2.24. The summed E-state index contributed by atoms with van der Waals surface area (Å²) in [7, 11) is 0. The highest BCUT2D eigenvalue weighted by molar-refractivity contribution is 5.19. The summed E-state index contributed by atoms with van der Waals surface area (Å²) < 4.78 is 15.1. The molecule has 2 atom stereocenters. The van der Waals surface area contributed by atoms with Gasteiger partial charge in [-0.3, -0.25) is 9.58 Å². The van der Waals surface area contributed by atoms with Crippen molar-refractivity contribution in [2.45, 2.75) is 38.0 Å². The molecule has 0 bridgehead atoms. The second kappa shape index (κ2) is 6.98. The summed E-state index contributed by atoms with van der Waals surface area (Å²) >= 11 is 0. The van der Waals surface area contributed by atoms with Gasteiger partial charge in [0.15, 0.2) is 0 Å². The molecule has 22 heavy (non-hydrogen) atoms. The lowest BCUT2D eigenvalue weighted by molar-refractivity contribution is 0.0589. The molecule has 0 unspecified atom stereocenters. The topological polar surface area (TPSA) is 54.2 Å². The molecule has 2 aromatic rings. The first-order valence-corrected chi connectivity index (χ1v) is 7.72. The predicted octanol–water partition coefficient (Wildman–Crippen LogP) is 2.01. The minimum Gasteiger partial charge on any atom is -0.387 e. The molecule has 1 N–H and O–H groups in total. The normalized spacial score (nSPS) is 20.9. The van der Waals surface area contributed by atoms with Gasteiger partial charge in [-0.1, -0.05) is 18.6 Å². The molecule has 6 heteroatoms. The van der Waals surface area contributed by atoms with Gasteiger partial charge in [-0.25, -0.2) is 9.37 Å². The Labute approximate surface area is 129 Å². The number of β-amino-alcohol motifs (C(OH)–C–C–N with tert-alkyl or cyclic N) is 1. The number of halogens is 1. The van der Waals surface area contributed by atoms with Crippen molar-refractivity contribution in [3.8, 4) is 0 Å². The van der Waals surface area contributed by atoms with Gasteiger partial charge >= 0.3 is 0 Å². The molecule has 5 nitrogen and oxygen atoms in total. The van der Waals surface area contributed by atoms with Crippen LogP contribution in [0.1, 0.15) is 30.9 Å². The van der Waals surface area contributed by atoms with E-state index in [2.05, 4.69) is 15.0 Å². The number of likely N-dealkylation sites (tertiary alicyclic amines) is 1. The number of aliphatic hydroxyl groups excluding tert-OH is 1. The van der Waals surface area contributed by atoms with Gasteiger partial charge in [-0.2, -0.15) is 5.10 Å². The van der Waals surface area contributed by atoms with E-state index in [1.54, 1.807) is 18.5 Å². The standard InChI is InChI=1S/C16H21FN4O/c17-14-5-3-4-13(8-14)16(22)10-20-7-2-1-6-15(20)9-21-12-18-11-19-21/h3-5,8,11-12,15-16,22H,1-2,6-7,9-10H2/t15-,16+/m0/s1. The summed E-state index contributed by atoms with van der Waals surface area (Å²) in [6.07, 6.45) is 5.97. The van der Waals surface area contributed by atoms with Gasteiger partial charge < -0.3 is 5.11 Å². The second-order valence-corrected chi connectivity index (χ2v) is 5.83. The zero-order valence-electron chi connectivity index (χ0n) is 12.5. The number of aliphatic hydroxyl groups is 1. The van der Waals surface area contributed by atoms with E-state index in [0.29, 0.717) is 18.2 Å². The SMILES string of the molecule is O[C@H](CN1CCCC[C@H]1Cn1cncn1)c1cccc(F)c1. The number of hydrogen-bond donors (Lipinski definition) is 1. The summed E-state index contributed by atoms with van der Waals surface area (Å²) in [5.41, 5.74) is 0.630. The molecule has 0 radical (unpaired) electrons. The van der Waals surface area contributed by atoms with E-state index in [1.807, 2.05) is 4.68 Å². The van der Waals surface area contributed by atoms with E-state index in [0.717, 1.165) is 25.9 Å². The molecule has 3 rings (SSSR count). The average Bonchev–Trinajstić information content (AvgIpc) is 3.02. The van der Waals surface area contributed by atoms with Gasteiger partial charge in [0, 0.05) is 12.6 Å². The van der Waals surface area contributed by atoms with E-state index in [9.17, 15) is 9.50 Å². The van der Waals surface area contributed by atoms with Crippen LogP contribution in [0.2, 0.25) is 0 Å². The zero-order valence-corrected chi connectivity index (χ0v) is 12.5. The lowest BCUT2D eigenvalue weighted by Crippen LogP contribution is -2.44. The summed E-state index contributed by atoms with van der Waals surface area (Å²) in [6, 6.07) is 6.53. The molecule has 0 spiro atoms. The molecule has 1 aliphatic rings. The van der Waals surface area contributed by atoms with Crippen molar-refractivity contribution < 1.29 is 9.50 Å². The maximum atomic E-state index is 13.3. The summed E-state index contributed by atoms with van der Waals surface area (Å²) in [5.74, 6) is -0.311. The quantitative estimate of drug-likeness (QED) is 0.918. The van der Waals surface area contributed by atoms with Gasteiger partial charge in [-0.15, -0.1) is 0 Å². The van der Waals surface area contributed by atoms with Gasteiger partial charge in [-0.05, 0) is 37.1 Å².